The van der Waals surface area contributed by atoms with Gasteiger partial charge in [0.15, 0.2) is 5.13 Å². The van der Waals surface area contributed by atoms with Gasteiger partial charge in [-0.2, -0.15) is 11.8 Å². The van der Waals surface area contributed by atoms with Gasteiger partial charge in [-0.25, -0.2) is 4.98 Å². The predicted molar refractivity (Wildman–Crippen MR) is 92.3 cm³/mol. The summed E-state index contributed by atoms with van der Waals surface area (Å²) < 4.78 is 0.403. The van der Waals surface area contributed by atoms with Crippen molar-refractivity contribution in [2.75, 3.05) is 30.8 Å². The van der Waals surface area contributed by atoms with Gasteiger partial charge in [-0.15, -0.1) is 11.3 Å². The smallest absolute Gasteiger partial charge is 0.185 e. The molecule has 20 heavy (non-hydrogen) atoms. The van der Waals surface area contributed by atoms with Gasteiger partial charge in [0.1, 0.15) is 0 Å². The molecule has 2 heterocycles. The van der Waals surface area contributed by atoms with E-state index >= 15 is 0 Å². The van der Waals surface area contributed by atoms with Crippen LogP contribution < -0.4 is 10.2 Å². The van der Waals surface area contributed by atoms with Crippen molar-refractivity contribution in [3.8, 4) is 0 Å². The number of rotatable bonds is 4. The zero-order valence-corrected chi connectivity index (χ0v) is 15.0. The minimum Gasteiger partial charge on any atom is -0.347 e. The SMILES string of the molecule is CNCc1sc(N2CCSC(C)(C)CC2)nc1C(C)C. The van der Waals surface area contributed by atoms with Crippen LogP contribution in [0.1, 0.15) is 50.6 Å². The molecule has 0 aromatic carbocycles. The molecule has 1 fully saturated rings. The third kappa shape index (κ3) is 3.89. The average Bonchev–Trinajstić information content (AvgIpc) is 2.69. The van der Waals surface area contributed by atoms with Crippen molar-refractivity contribution < 1.29 is 0 Å². The molecule has 1 aliphatic rings. The first kappa shape index (κ1) is 16.1. The Morgan fingerprint density at radius 3 is 2.75 bits per heavy atom. The summed E-state index contributed by atoms with van der Waals surface area (Å²) in [5, 5.41) is 4.49. The van der Waals surface area contributed by atoms with Crippen LogP contribution in [0.2, 0.25) is 0 Å². The summed E-state index contributed by atoms with van der Waals surface area (Å²) in [6, 6.07) is 0. The Kier molecular flexibility index (Phi) is 5.37. The van der Waals surface area contributed by atoms with Crippen molar-refractivity contribution in [2.45, 2.75) is 51.3 Å². The van der Waals surface area contributed by atoms with Crippen molar-refractivity contribution in [3.63, 3.8) is 0 Å². The molecule has 3 nitrogen and oxygen atoms in total. The van der Waals surface area contributed by atoms with Gasteiger partial charge >= 0.3 is 0 Å². The van der Waals surface area contributed by atoms with Crippen LogP contribution >= 0.6 is 23.1 Å². The van der Waals surface area contributed by atoms with E-state index in [-0.39, 0.29) is 0 Å². The Morgan fingerprint density at radius 1 is 1.35 bits per heavy atom. The zero-order valence-electron chi connectivity index (χ0n) is 13.3. The molecule has 0 saturated carbocycles. The maximum Gasteiger partial charge on any atom is 0.185 e. The molecule has 0 bridgehead atoms. The normalized spacial score (nSPS) is 19.4. The number of nitrogens with zero attached hydrogens (tertiary/aromatic N) is 2. The summed E-state index contributed by atoms with van der Waals surface area (Å²) in [5.74, 6) is 1.70. The van der Waals surface area contributed by atoms with E-state index < -0.39 is 0 Å². The third-order valence-corrected chi connectivity index (χ3v) is 6.21. The highest BCUT2D eigenvalue weighted by atomic mass is 32.2. The van der Waals surface area contributed by atoms with Crippen LogP contribution in [-0.4, -0.2) is 35.6 Å². The molecular formula is C15H27N3S2. The summed E-state index contributed by atoms with van der Waals surface area (Å²) in [4.78, 5) is 8.82. The molecule has 0 spiro atoms. The van der Waals surface area contributed by atoms with E-state index in [0.717, 1.165) is 19.6 Å². The number of thioether (sulfide) groups is 1. The fourth-order valence-corrected chi connectivity index (χ4v) is 4.81. The number of nitrogens with one attached hydrogen (secondary N) is 1. The first-order valence-electron chi connectivity index (χ1n) is 7.46. The lowest BCUT2D eigenvalue weighted by atomic mass is 10.1. The first-order chi connectivity index (χ1) is 9.43. The van der Waals surface area contributed by atoms with Gasteiger partial charge < -0.3 is 10.2 Å². The highest BCUT2D eigenvalue weighted by Gasteiger charge is 2.26. The largest absolute Gasteiger partial charge is 0.347 e. The van der Waals surface area contributed by atoms with E-state index in [9.17, 15) is 0 Å². The molecule has 0 unspecified atom stereocenters. The lowest BCUT2D eigenvalue weighted by Crippen LogP contribution is -2.26. The molecule has 5 heteroatoms. The van der Waals surface area contributed by atoms with E-state index in [0.29, 0.717) is 10.7 Å². The molecule has 1 aromatic heterocycles. The molecule has 0 amide bonds. The van der Waals surface area contributed by atoms with Gasteiger partial charge in [-0.05, 0) is 19.4 Å². The summed E-state index contributed by atoms with van der Waals surface area (Å²) in [6.07, 6.45) is 1.23. The van der Waals surface area contributed by atoms with Gasteiger partial charge in [-0.3, -0.25) is 0 Å². The predicted octanol–water partition coefficient (Wildman–Crippen LogP) is 3.71. The highest BCUT2D eigenvalue weighted by molar-refractivity contribution is 8.00. The summed E-state index contributed by atoms with van der Waals surface area (Å²) in [5.41, 5.74) is 1.27. The van der Waals surface area contributed by atoms with E-state index in [2.05, 4.69) is 49.7 Å². The van der Waals surface area contributed by atoms with Gasteiger partial charge in [-0.1, -0.05) is 27.7 Å². The fourth-order valence-electron chi connectivity index (χ4n) is 2.44. The molecule has 0 aliphatic carbocycles. The first-order valence-corrected chi connectivity index (χ1v) is 9.26. The second-order valence-corrected chi connectivity index (χ2v) is 9.20. The van der Waals surface area contributed by atoms with E-state index in [4.69, 9.17) is 4.98 Å². The Bertz CT molecular complexity index is 440. The van der Waals surface area contributed by atoms with Gasteiger partial charge in [0.05, 0.1) is 5.69 Å². The van der Waals surface area contributed by atoms with Crippen molar-refractivity contribution in [3.05, 3.63) is 10.6 Å². The van der Waals surface area contributed by atoms with Crippen LogP contribution in [0.5, 0.6) is 0 Å². The average molecular weight is 314 g/mol. The summed E-state index contributed by atoms with van der Waals surface area (Å²) in [7, 11) is 2.01. The Morgan fingerprint density at radius 2 is 2.10 bits per heavy atom. The second kappa shape index (κ2) is 6.67. The van der Waals surface area contributed by atoms with Crippen LogP contribution in [-0.2, 0) is 6.54 Å². The molecular weight excluding hydrogens is 286 g/mol. The van der Waals surface area contributed by atoms with Crippen LogP contribution in [0.4, 0.5) is 5.13 Å². The molecule has 0 radical (unpaired) electrons. The van der Waals surface area contributed by atoms with Gasteiger partial charge in [0, 0.05) is 35.0 Å². The van der Waals surface area contributed by atoms with Crippen LogP contribution in [0.25, 0.3) is 0 Å². The van der Waals surface area contributed by atoms with Crippen LogP contribution in [0, 0.1) is 0 Å². The van der Waals surface area contributed by atoms with Crippen molar-refractivity contribution in [1.29, 1.82) is 0 Å². The Balaban J connectivity index is 2.17. The van der Waals surface area contributed by atoms with E-state index in [1.54, 1.807) is 0 Å². The quantitative estimate of drug-likeness (QED) is 0.917. The highest BCUT2D eigenvalue weighted by Crippen LogP contribution is 2.35. The van der Waals surface area contributed by atoms with Crippen LogP contribution in [0.15, 0.2) is 0 Å². The maximum atomic E-state index is 4.94. The number of anilines is 1. The Labute approximate surface area is 131 Å². The zero-order chi connectivity index (χ0) is 14.8. The molecule has 1 aliphatic heterocycles. The molecule has 114 valence electrons. The molecule has 1 N–H and O–H groups in total. The number of aromatic nitrogens is 1. The lowest BCUT2D eigenvalue weighted by Gasteiger charge is -2.22. The minimum absolute atomic E-state index is 0.403. The monoisotopic (exact) mass is 313 g/mol. The topological polar surface area (TPSA) is 28.2 Å². The summed E-state index contributed by atoms with van der Waals surface area (Å²) in [6.45, 7) is 12.4. The molecule has 2 rings (SSSR count). The van der Waals surface area contributed by atoms with E-state index in [1.807, 2.05) is 18.4 Å². The fraction of sp³-hybridized carbons (Fsp3) is 0.800. The second-order valence-electron chi connectivity index (χ2n) is 6.34. The van der Waals surface area contributed by atoms with Gasteiger partial charge in [0.25, 0.3) is 0 Å². The molecule has 1 aromatic rings. The van der Waals surface area contributed by atoms with Gasteiger partial charge in [0.2, 0.25) is 0 Å². The maximum absolute atomic E-state index is 4.94. The van der Waals surface area contributed by atoms with Crippen LogP contribution in [0.3, 0.4) is 0 Å². The number of hydrogen-bond donors (Lipinski definition) is 1. The van der Waals surface area contributed by atoms with Crippen molar-refractivity contribution in [1.82, 2.24) is 10.3 Å². The molecule has 1 saturated heterocycles. The third-order valence-electron chi connectivity index (χ3n) is 3.71. The minimum atomic E-state index is 0.403. The number of hydrogen-bond acceptors (Lipinski definition) is 5. The summed E-state index contributed by atoms with van der Waals surface area (Å²) >= 11 is 3.96. The van der Waals surface area contributed by atoms with Crippen molar-refractivity contribution in [2.24, 2.45) is 0 Å². The standard InChI is InChI=1S/C15H27N3S2/c1-11(2)13-12(10-16-5)20-14(17-13)18-7-6-15(3,4)19-9-8-18/h11,16H,6-10H2,1-5H3. The Hall–Kier alpha value is -0.260. The lowest BCUT2D eigenvalue weighted by molar-refractivity contribution is 0.636. The van der Waals surface area contributed by atoms with Crippen molar-refractivity contribution >= 4 is 28.2 Å². The van der Waals surface area contributed by atoms with E-state index in [1.165, 1.54) is 27.9 Å². The number of thiazole rings is 1. The molecule has 0 atom stereocenters.